The lowest BCUT2D eigenvalue weighted by Gasteiger charge is -2.14. The molecule has 0 unspecified atom stereocenters. The van der Waals surface area contributed by atoms with E-state index in [9.17, 15) is 4.79 Å². The van der Waals surface area contributed by atoms with Crippen LogP contribution in [0.5, 0.6) is 0 Å². The van der Waals surface area contributed by atoms with E-state index in [2.05, 4.69) is 0 Å². The first-order chi connectivity index (χ1) is 5.36. The molecule has 3 aliphatic heterocycles. The molecule has 3 heteroatoms. The van der Waals surface area contributed by atoms with Gasteiger partial charge in [0.05, 0.1) is 24.7 Å². The molecule has 0 aromatic rings. The minimum Gasteiger partial charge on any atom is -0.465 e. The largest absolute Gasteiger partial charge is 0.465 e. The van der Waals surface area contributed by atoms with E-state index in [0.717, 1.165) is 12.8 Å². The summed E-state index contributed by atoms with van der Waals surface area (Å²) in [4.78, 5) is 11.1. The van der Waals surface area contributed by atoms with Crippen molar-refractivity contribution in [3.05, 3.63) is 0 Å². The van der Waals surface area contributed by atoms with Crippen molar-refractivity contribution in [2.75, 3.05) is 6.61 Å². The summed E-state index contributed by atoms with van der Waals surface area (Å²) in [5, 5.41) is 0. The summed E-state index contributed by atoms with van der Waals surface area (Å²) in [6.07, 6.45) is 2.71. The minimum atomic E-state index is -0.0257. The van der Waals surface area contributed by atoms with Crippen molar-refractivity contribution in [2.45, 2.75) is 25.0 Å². The zero-order valence-electron chi connectivity index (χ0n) is 6.16. The fraction of sp³-hybridized carbons (Fsp3) is 0.875. The van der Waals surface area contributed by atoms with Gasteiger partial charge in [0, 0.05) is 5.92 Å². The Hall–Kier alpha value is -0.570. The quantitative estimate of drug-likeness (QED) is 0.472. The molecule has 3 heterocycles. The van der Waals surface area contributed by atoms with E-state index in [1.807, 2.05) is 0 Å². The van der Waals surface area contributed by atoms with Gasteiger partial charge < -0.3 is 9.47 Å². The smallest absolute Gasteiger partial charge is 0.312 e. The molecule has 60 valence electrons. The molecule has 3 saturated heterocycles. The predicted octanol–water partition coefficient (Wildman–Crippen LogP) is 0.337. The van der Waals surface area contributed by atoms with Crippen LogP contribution in [0, 0.1) is 11.8 Å². The van der Waals surface area contributed by atoms with E-state index in [-0.39, 0.29) is 18.0 Å². The zero-order chi connectivity index (χ0) is 7.42. The Bertz CT molecular complexity index is 213. The molecule has 3 fully saturated rings. The Kier molecular flexibility index (Phi) is 0.969. The summed E-state index contributed by atoms with van der Waals surface area (Å²) in [7, 11) is 0. The number of rotatable bonds is 0. The van der Waals surface area contributed by atoms with E-state index >= 15 is 0 Å². The lowest BCUT2D eigenvalue weighted by Crippen LogP contribution is -2.27. The van der Waals surface area contributed by atoms with Gasteiger partial charge in [0.15, 0.2) is 0 Å². The maximum atomic E-state index is 11.1. The van der Waals surface area contributed by atoms with Crippen LogP contribution in [-0.2, 0) is 14.3 Å². The first-order valence-corrected chi connectivity index (χ1v) is 4.18. The lowest BCUT2D eigenvalue weighted by molar-refractivity contribution is -0.143. The Balaban J connectivity index is 1.97. The average molecular weight is 154 g/mol. The molecular weight excluding hydrogens is 144 g/mol. The molecule has 0 aromatic carbocycles. The van der Waals surface area contributed by atoms with E-state index in [0.29, 0.717) is 18.6 Å². The number of carbonyl (C=O) groups is 1. The highest BCUT2D eigenvalue weighted by Crippen LogP contribution is 2.46. The molecule has 2 bridgehead atoms. The normalized spacial score (nSPS) is 52.9. The monoisotopic (exact) mass is 154 g/mol. The number of hydrogen-bond donors (Lipinski definition) is 0. The van der Waals surface area contributed by atoms with E-state index in [1.54, 1.807) is 0 Å². The van der Waals surface area contributed by atoms with Gasteiger partial charge >= 0.3 is 5.97 Å². The zero-order valence-corrected chi connectivity index (χ0v) is 6.16. The highest BCUT2D eigenvalue weighted by atomic mass is 16.6. The lowest BCUT2D eigenvalue weighted by atomic mass is 9.81. The second kappa shape index (κ2) is 1.78. The number of fused-ring (bicyclic) bond motifs is 5. The maximum Gasteiger partial charge on any atom is 0.312 e. The molecule has 4 atom stereocenters. The van der Waals surface area contributed by atoms with Crippen molar-refractivity contribution >= 4 is 5.97 Å². The number of esters is 1. The Labute approximate surface area is 64.7 Å². The van der Waals surface area contributed by atoms with Crippen LogP contribution >= 0.6 is 0 Å². The summed E-state index contributed by atoms with van der Waals surface area (Å²) in [6, 6.07) is 0. The van der Waals surface area contributed by atoms with Crippen LogP contribution in [0.2, 0.25) is 0 Å². The number of ether oxygens (including phenoxy) is 2. The number of carbonyl (C=O) groups excluding carboxylic acids is 1. The molecule has 11 heavy (non-hydrogen) atoms. The standard InChI is InChI=1S/C8H10O3/c9-8-7-4(3-10-8)5-1-2-6(7)11-5/h4-7H,1-3H2/t4-,5+,6+,7-/m0/s1. The molecule has 0 N–H and O–H groups in total. The first-order valence-electron chi connectivity index (χ1n) is 4.18. The highest BCUT2D eigenvalue weighted by molar-refractivity contribution is 5.76. The Morgan fingerprint density at radius 3 is 2.91 bits per heavy atom. The fourth-order valence-electron chi connectivity index (χ4n) is 2.59. The molecule has 3 nitrogen and oxygen atoms in total. The molecular formula is C8H10O3. The van der Waals surface area contributed by atoms with Gasteiger partial charge in [-0.15, -0.1) is 0 Å². The topological polar surface area (TPSA) is 35.5 Å². The van der Waals surface area contributed by atoms with Crippen molar-refractivity contribution in [3.8, 4) is 0 Å². The summed E-state index contributed by atoms with van der Waals surface area (Å²) in [5.74, 6) is 0.456. The van der Waals surface area contributed by atoms with Gasteiger partial charge in [-0.1, -0.05) is 0 Å². The molecule has 0 radical (unpaired) electrons. The van der Waals surface area contributed by atoms with Crippen molar-refractivity contribution in [1.82, 2.24) is 0 Å². The fourth-order valence-corrected chi connectivity index (χ4v) is 2.59. The first kappa shape index (κ1) is 6.00. The van der Waals surface area contributed by atoms with E-state index in [1.165, 1.54) is 0 Å². The van der Waals surface area contributed by atoms with Gasteiger partial charge in [0.1, 0.15) is 0 Å². The molecule has 0 aromatic heterocycles. The average Bonchev–Trinajstić information content (AvgIpc) is 2.60. The minimum absolute atomic E-state index is 0.0257. The maximum absolute atomic E-state index is 11.1. The van der Waals surface area contributed by atoms with Crippen LogP contribution in [0.4, 0.5) is 0 Å². The van der Waals surface area contributed by atoms with Gasteiger partial charge in [0.2, 0.25) is 0 Å². The Morgan fingerprint density at radius 2 is 2.09 bits per heavy atom. The van der Waals surface area contributed by atoms with Crippen molar-refractivity contribution in [2.24, 2.45) is 11.8 Å². The molecule has 0 saturated carbocycles. The summed E-state index contributed by atoms with van der Waals surface area (Å²) >= 11 is 0. The summed E-state index contributed by atoms with van der Waals surface area (Å²) < 4.78 is 10.6. The van der Waals surface area contributed by atoms with Gasteiger partial charge in [0.25, 0.3) is 0 Å². The second-order valence-electron chi connectivity index (χ2n) is 3.61. The van der Waals surface area contributed by atoms with E-state index in [4.69, 9.17) is 9.47 Å². The third-order valence-electron chi connectivity index (χ3n) is 3.11. The van der Waals surface area contributed by atoms with E-state index < -0.39 is 0 Å². The molecule has 3 aliphatic rings. The van der Waals surface area contributed by atoms with Gasteiger partial charge in [-0.3, -0.25) is 4.79 Å². The van der Waals surface area contributed by atoms with Gasteiger partial charge in [-0.05, 0) is 12.8 Å². The number of cyclic esters (lactones) is 1. The summed E-state index contributed by atoms with van der Waals surface area (Å²) in [6.45, 7) is 0.602. The Morgan fingerprint density at radius 1 is 1.27 bits per heavy atom. The van der Waals surface area contributed by atoms with Crippen LogP contribution in [-0.4, -0.2) is 24.8 Å². The SMILES string of the molecule is O=C1OC[C@@H]2[C@H]1[C@H]1CC[C@H]2O1. The van der Waals surface area contributed by atoms with Crippen molar-refractivity contribution in [1.29, 1.82) is 0 Å². The third-order valence-corrected chi connectivity index (χ3v) is 3.11. The second-order valence-corrected chi connectivity index (χ2v) is 3.61. The number of hydrogen-bond acceptors (Lipinski definition) is 3. The molecule has 0 amide bonds. The molecule has 0 aliphatic carbocycles. The van der Waals surface area contributed by atoms with Crippen LogP contribution in [0.3, 0.4) is 0 Å². The summed E-state index contributed by atoms with van der Waals surface area (Å²) in [5.41, 5.74) is 0. The van der Waals surface area contributed by atoms with Crippen LogP contribution in [0.25, 0.3) is 0 Å². The van der Waals surface area contributed by atoms with Crippen molar-refractivity contribution < 1.29 is 14.3 Å². The molecule has 0 spiro atoms. The molecule has 3 rings (SSSR count). The van der Waals surface area contributed by atoms with Crippen molar-refractivity contribution in [3.63, 3.8) is 0 Å². The van der Waals surface area contributed by atoms with Crippen LogP contribution in [0.15, 0.2) is 0 Å². The van der Waals surface area contributed by atoms with Crippen LogP contribution < -0.4 is 0 Å². The van der Waals surface area contributed by atoms with Gasteiger partial charge in [-0.2, -0.15) is 0 Å². The van der Waals surface area contributed by atoms with Gasteiger partial charge in [-0.25, -0.2) is 0 Å². The highest BCUT2D eigenvalue weighted by Gasteiger charge is 2.56. The van der Waals surface area contributed by atoms with Crippen LogP contribution in [0.1, 0.15) is 12.8 Å². The predicted molar refractivity (Wildman–Crippen MR) is 35.8 cm³/mol. The third kappa shape index (κ3) is 0.601.